The van der Waals surface area contributed by atoms with Crippen molar-refractivity contribution in [2.24, 2.45) is 0 Å². The monoisotopic (exact) mass is 261 g/mol. The van der Waals surface area contributed by atoms with E-state index in [1.807, 2.05) is 6.92 Å². The van der Waals surface area contributed by atoms with E-state index >= 15 is 0 Å². The number of rotatable bonds is 4. The van der Waals surface area contributed by atoms with Crippen molar-refractivity contribution in [2.45, 2.75) is 26.4 Å². The number of aryl methyl sites for hydroxylation is 1. The highest BCUT2D eigenvalue weighted by molar-refractivity contribution is 5.22. The highest BCUT2D eigenvalue weighted by Gasteiger charge is 2.06. The van der Waals surface area contributed by atoms with E-state index in [1.165, 1.54) is 29.2 Å². The molecule has 0 saturated heterocycles. The van der Waals surface area contributed by atoms with Gasteiger partial charge in [0.1, 0.15) is 5.82 Å². The van der Waals surface area contributed by atoms with E-state index < -0.39 is 0 Å². The average molecular weight is 261 g/mol. The topological polar surface area (TPSA) is 95.8 Å². The van der Waals surface area contributed by atoms with Crippen molar-refractivity contribution in [3.8, 4) is 0 Å². The van der Waals surface area contributed by atoms with Crippen molar-refractivity contribution in [2.75, 3.05) is 5.73 Å². The van der Waals surface area contributed by atoms with E-state index in [4.69, 9.17) is 5.73 Å². The Balaban J connectivity index is 2.39. The van der Waals surface area contributed by atoms with E-state index in [2.05, 4.69) is 9.97 Å². The molecule has 0 unspecified atom stereocenters. The summed E-state index contributed by atoms with van der Waals surface area (Å²) in [5.41, 5.74) is 5.26. The molecule has 0 aliphatic heterocycles. The molecule has 19 heavy (non-hydrogen) atoms. The largest absolute Gasteiger partial charge is 0.382 e. The molecule has 2 N–H and O–H groups in total. The molecule has 0 fully saturated rings. The Hall–Kier alpha value is -2.44. The van der Waals surface area contributed by atoms with Crippen LogP contribution in [-0.2, 0) is 13.1 Å². The third-order valence-corrected chi connectivity index (χ3v) is 2.65. The predicted molar refractivity (Wildman–Crippen MR) is 70.8 cm³/mol. The minimum Gasteiger partial charge on any atom is -0.382 e. The molecule has 0 bridgehead atoms. The van der Waals surface area contributed by atoms with Gasteiger partial charge in [-0.3, -0.25) is 14.3 Å². The normalized spacial score (nSPS) is 10.6. The molecule has 0 spiro atoms. The summed E-state index contributed by atoms with van der Waals surface area (Å²) in [4.78, 5) is 31.8. The van der Waals surface area contributed by atoms with E-state index in [9.17, 15) is 9.59 Å². The van der Waals surface area contributed by atoms with Crippen LogP contribution in [0.15, 0.2) is 34.2 Å². The second kappa shape index (κ2) is 5.47. The lowest BCUT2D eigenvalue weighted by molar-refractivity contribution is 0.566. The molecule has 0 radical (unpaired) electrons. The molecule has 7 heteroatoms. The first kappa shape index (κ1) is 13.0. The van der Waals surface area contributed by atoms with Crippen LogP contribution in [0.25, 0.3) is 0 Å². The number of hydrogen-bond donors (Lipinski definition) is 1. The summed E-state index contributed by atoms with van der Waals surface area (Å²) in [5, 5.41) is 0. The van der Waals surface area contributed by atoms with Crippen LogP contribution in [0.4, 0.5) is 5.82 Å². The molecule has 2 heterocycles. The van der Waals surface area contributed by atoms with Gasteiger partial charge in [-0.15, -0.1) is 0 Å². The van der Waals surface area contributed by atoms with Crippen LogP contribution in [0, 0.1) is 0 Å². The zero-order valence-electron chi connectivity index (χ0n) is 10.6. The highest BCUT2D eigenvalue weighted by Crippen LogP contribution is 1.96. The molecule has 0 aliphatic rings. The van der Waals surface area contributed by atoms with Gasteiger partial charge in [0.05, 0.1) is 24.6 Å². The SMILES string of the molecule is CCCn1ccc(=O)n(Cc2cnc(N)cn2)c1=O. The Morgan fingerprint density at radius 2 is 2.05 bits per heavy atom. The number of nitrogen functional groups attached to an aromatic ring is 1. The molecular formula is C12H15N5O2. The molecule has 2 rings (SSSR count). The van der Waals surface area contributed by atoms with Gasteiger partial charge in [0.2, 0.25) is 0 Å². The van der Waals surface area contributed by atoms with Gasteiger partial charge in [0, 0.05) is 18.8 Å². The fourth-order valence-electron chi connectivity index (χ4n) is 1.72. The Bertz CT molecular complexity index is 672. The Morgan fingerprint density at radius 3 is 2.68 bits per heavy atom. The minimum atomic E-state index is -0.351. The van der Waals surface area contributed by atoms with E-state index in [1.54, 1.807) is 0 Å². The number of nitrogens with two attached hydrogens (primary N) is 1. The predicted octanol–water partition coefficient (Wildman–Crippen LogP) is -0.160. The fourth-order valence-corrected chi connectivity index (χ4v) is 1.72. The summed E-state index contributed by atoms with van der Waals surface area (Å²) in [5.74, 6) is 0.299. The molecule has 100 valence electrons. The smallest absolute Gasteiger partial charge is 0.331 e. The highest BCUT2D eigenvalue weighted by atomic mass is 16.2. The van der Waals surface area contributed by atoms with E-state index in [0.29, 0.717) is 18.1 Å². The molecular weight excluding hydrogens is 246 g/mol. The lowest BCUT2D eigenvalue weighted by atomic mass is 10.4. The quantitative estimate of drug-likeness (QED) is 0.825. The van der Waals surface area contributed by atoms with Crippen molar-refractivity contribution in [3.05, 3.63) is 51.2 Å². The molecule has 0 aromatic carbocycles. The van der Waals surface area contributed by atoms with Gasteiger partial charge in [-0.05, 0) is 6.42 Å². The van der Waals surface area contributed by atoms with Gasteiger partial charge in [-0.2, -0.15) is 0 Å². The van der Waals surface area contributed by atoms with Gasteiger partial charge in [-0.1, -0.05) is 6.92 Å². The zero-order chi connectivity index (χ0) is 13.8. The first-order valence-electron chi connectivity index (χ1n) is 5.98. The molecule has 2 aromatic rings. The van der Waals surface area contributed by atoms with Crippen molar-refractivity contribution < 1.29 is 0 Å². The van der Waals surface area contributed by atoms with Gasteiger partial charge in [0.25, 0.3) is 5.56 Å². The van der Waals surface area contributed by atoms with Crippen LogP contribution >= 0.6 is 0 Å². The van der Waals surface area contributed by atoms with Crippen molar-refractivity contribution in [3.63, 3.8) is 0 Å². The van der Waals surface area contributed by atoms with Crippen molar-refractivity contribution in [1.82, 2.24) is 19.1 Å². The maximum absolute atomic E-state index is 12.1. The third kappa shape index (κ3) is 2.87. The summed E-state index contributed by atoms with van der Waals surface area (Å²) < 4.78 is 2.64. The van der Waals surface area contributed by atoms with Crippen LogP contribution in [0.1, 0.15) is 19.0 Å². The zero-order valence-corrected chi connectivity index (χ0v) is 10.6. The van der Waals surface area contributed by atoms with E-state index in [0.717, 1.165) is 11.0 Å². The molecule has 0 aliphatic carbocycles. The Kier molecular flexibility index (Phi) is 3.74. The second-order valence-electron chi connectivity index (χ2n) is 4.15. The van der Waals surface area contributed by atoms with Crippen LogP contribution < -0.4 is 17.0 Å². The van der Waals surface area contributed by atoms with Crippen molar-refractivity contribution in [1.29, 1.82) is 0 Å². The number of nitrogens with zero attached hydrogens (tertiary/aromatic N) is 4. The average Bonchev–Trinajstić information content (AvgIpc) is 2.40. The second-order valence-corrected chi connectivity index (χ2v) is 4.15. The number of aromatic nitrogens is 4. The molecule has 0 atom stereocenters. The van der Waals surface area contributed by atoms with Crippen molar-refractivity contribution >= 4 is 5.82 Å². The summed E-state index contributed by atoms with van der Waals surface area (Å²) in [6, 6.07) is 1.38. The van der Waals surface area contributed by atoms with Gasteiger partial charge >= 0.3 is 5.69 Å². The van der Waals surface area contributed by atoms with E-state index in [-0.39, 0.29) is 17.8 Å². The summed E-state index contributed by atoms with van der Waals surface area (Å²) in [7, 11) is 0. The molecule has 2 aromatic heterocycles. The van der Waals surface area contributed by atoms with Crippen LogP contribution in [0.3, 0.4) is 0 Å². The number of hydrogen-bond acceptors (Lipinski definition) is 5. The van der Waals surface area contributed by atoms with Crippen LogP contribution in [0.5, 0.6) is 0 Å². The Morgan fingerprint density at radius 1 is 1.26 bits per heavy atom. The standard InChI is InChI=1S/C12H15N5O2/c1-2-4-16-5-3-11(18)17(12(16)19)8-9-6-15-10(13)7-14-9/h3,5-7H,2,4,8H2,1H3,(H2,13,15). The lowest BCUT2D eigenvalue weighted by Gasteiger charge is -2.08. The first-order valence-corrected chi connectivity index (χ1v) is 5.98. The van der Waals surface area contributed by atoms with Crippen LogP contribution in [-0.4, -0.2) is 19.1 Å². The lowest BCUT2D eigenvalue weighted by Crippen LogP contribution is -2.39. The summed E-state index contributed by atoms with van der Waals surface area (Å²) >= 11 is 0. The van der Waals surface area contributed by atoms with Gasteiger partial charge in [-0.25, -0.2) is 9.78 Å². The maximum atomic E-state index is 12.1. The Labute approximate surface area is 109 Å². The maximum Gasteiger partial charge on any atom is 0.331 e. The molecule has 7 nitrogen and oxygen atoms in total. The summed E-state index contributed by atoms with van der Waals surface area (Å²) in [6.07, 6.45) is 5.19. The van der Waals surface area contributed by atoms with Gasteiger partial charge in [0.15, 0.2) is 0 Å². The summed E-state index contributed by atoms with van der Waals surface area (Å²) in [6.45, 7) is 2.63. The minimum absolute atomic E-state index is 0.0928. The van der Waals surface area contributed by atoms with Gasteiger partial charge < -0.3 is 10.3 Å². The third-order valence-electron chi connectivity index (χ3n) is 2.65. The molecule has 0 amide bonds. The molecule has 0 saturated carbocycles. The fraction of sp³-hybridized carbons (Fsp3) is 0.333. The van der Waals surface area contributed by atoms with Crippen LogP contribution in [0.2, 0.25) is 0 Å². The first-order chi connectivity index (χ1) is 9.11. The number of anilines is 1.